The first-order valence-corrected chi connectivity index (χ1v) is 7.32. The van der Waals surface area contributed by atoms with E-state index in [1.165, 1.54) is 12.1 Å². The topological polar surface area (TPSA) is 81.2 Å². The van der Waals surface area contributed by atoms with Crippen LogP contribution in [0.3, 0.4) is 0 Å². The van der Waals surface area contributed by atoms with Crippen molar-refractivity contribution in [2.24, 2.45) is 0 Å². The summed E-state index contributed by atoms with van der Waals surface area (Å²) >= 11 is 6.66. The van der Waals surface area contributed by atoms with Gasteiger partial charge in [-0.25, -0.2) is 4.98 Å². The van der Waals surface area contributed by atoms with E-state index in [-0.39, 0.29) is 16.1 Å². The Kier molecular flexibility index (Phi) is 4.08. The van der Waals surface area contributed by atoms with Gasteiger partial charge in [-0.2, -0.15) is 4.98 Å². The van der Waals surface area contributed by atoms with E-state index in [2.05, 4.69) is 15.3 Å². The number of aromatic nitrogens is 2. The monoisotopic (exact) mass is 333 g/mol. The van der Waals surface area contributed by atoms with Crippen molar-refractivity contribution >= 4 is 40.6 Å². The largest absolute Gasteiger partial charge is 0.439 e. The zero-order chi connectivity index (χ0) is 15.5. The van der Waals surface area contributed by atoms with Gasteiger partial charge in [0, 0.05) is 6.07 Å². The van der Waals surface area contributed by atoms with Crippen LogP contribution in [-0.4, -0.2) is 21.1 Å². The Morgan fingerprint density at radius 1 is 1.18 bits per heavy atom. The number of rotatable bonds is 3. The number of amides is 2. The number of nitrogens with one attached hydrogen (secondary N) is 1. The highest BCUT2D eigenvalue weighted by Gasteiger charge is 2.25. The summed E-state index contributed by atoms with van der Waals surface area (Å²) in [5.74, 6) is 0.377. The Balaban J connectivity index is 1.89. The maximum atomic E-state index is 11.5. The third kappa shape index (κ3) is 3.44. The molecule has 110 valence electrons. The van der Waals surface area contributed by atoms with Gasteiger partial charge in [-0.15, -0.1) is 0 Å². The predicted octanol–water partition coefficient (Wildman–Crippen LogP) is 3.25. The molecule has 0 aliphatic carbocycles. The Morgan fingerprint density at radius 3 is 2.64 bits per heavy atom. The molecule has 1 aliphatic heterocycles. The highest BCUT2D eigenvalue weighted by molar-refractivity contribution is 8.18. The SMILES string of the molecule is O=C1NC(=O)C(=Cc2cc(Oc3ccccc3)nc(Cl)n2)S1. The number of hydrogen-bond donors (Lipinski definition) is 1. The van der Waals surface area contributed by atoms with Crippen LogP contribution in [0.1, 0.15) is 5.69 Å². The van der Waals surface area contributed by atoms with Gasteiger partial charge in [0.1, 0.15) is 5.75 Å². The second-order valence-electron chi connectivity index (χ2n) is 4.17. The zero-order valence-electron chi connectivity index (χ0n) is 10.9. The molecule has 2 heterocycles. The number of ether oxygens (including phenoxy) is 1. The normalized spacial score (nSPS) is 16.0. The van der Waals surface area contributed by atoms with Gasteiger partial charge in [-0.05, 0) is 41.6 Å². The van der Waals surface area contributed by atoms with Gasteiger partial charge in [0.25, 0.3) is 11.1 Å². The van der Waals surface area contributed by atoms with Crippen molar-refractivity contribution < 1.29 is 14.3 Å². The maximum absolute atomic E-state index is 11.5. The van der Waals surface area contributed by atoms with Crippen LogP contribution in [0.25, 0.3) is 6.08 Å². The Labute approximate surface area is 134 Å². The van der Waals surface area contributed by atoms with E-state index < -0.39 is 11.1 Å². The van der Waals surface area contributed by atoms with Crippen molar-refractivity contribution in [3.05, 3.63) is 52.3 Å². The maximum Gasteiger partial charge on any atom is 0.290 e. The molecule has 0 saturated carbocycles. The van der Waals surface area contributed by atoms with Gasteiger partial charge >= 0.3 is 0 Å². The Bertz CT molecular complexity index is 780. The summed E-state index contributed by atoms with van der Waals surface area (Å²) in [7, 11) is 0. The summed E-state index contributed by atoms with van der Waals surface area (Å²) in [6.45, 7) is 0. The summed E-state index contributed by atoms with van der Waals surface area (Å²) < 4.78 is 5.57. The fourth-order valence-corrected chi connectivity index (χ4v) is 2.55. The smallest absolute Gasteiger partial charge is 0.290 e. The third-order valence-electron chi connectivity index (χ3n) is 2.58. The molecule has 0 radical (unpaired) electrons. The van der Waals surface area contributed by atoms with E-state index >= 15 is 0 Å². The summed E-state index contributed by atoms with van der Waals surface area (Å²) in [6, 6.07) is 10.6. The van der Waals surface area contributed by atoms with Crippen molar-refractivity contribution in [1.82, 2.24) is 15.3 Å². The molecule has 0 bridgehead atoms. The highest BCUT2D eigenvalue weighted by Crippen LogP contribution is 2.27. The second-order valence-corrected chi connectivity index (χ2v) is 5.52. The van der Waals surface area contributed by atoms with Gasteiger partial charge in [0.2, 0.25) is 11.2 Å². The third-order valence-corrected chi connectivity index (χ3v) is 3.56. The van der Waals surface area contributed by atoms with Crippen molar-refractivity contribution in [3.8, 4) is 11.6 Å². The molecule has 1 aromatic heterocycles. The Hall–Kier alpha value is -2.38. The summed E-state index contributed by atoms with van der Waals surface area (Å²) in [4.78, 5) is 30.9. The van der Waals surface area contributed by atoms with Crippen LogP contribution in [0.15, 0.2) is 41.3 Å². The lowest BCUT2D eigenvalue weighted by molar-refractivity contribution is -0.115. The van der Waals surface area contributed by atoms with Crippen LogP contribution >= 0.6 is 23.4 Å². The van der Waals surface area contributed by atoms with Crippen molar-refractivity contribution in [1.29, 1.82) is 0 Å². The van der Waals surface area contributed by atoms with Crippen LogP contribution < -0.4 is 10.1 Å². The van der Waals surface area contributed by atoms with Crippen LogP contribution in [0.2, 0.25) is 5.28 Å². The quantitative estimate of drug-likeness (QED) is 0.686. The fraction of sp³-hybridized carbons (Fsp3) is 0. The van der Waals surface area contributed by atoms with Gasteiger partial charge in [-0.3, -0.25) is 14.9 Å². The van der Waals surface area contributed by atoms with E-state index in [9.17, 15) is 9.59 Å². The van der Waals surface area contributed by atoms with E-state index in [0.29, 0.717) is 11.4 Å². The molecule has 1 aromatic carbocycles. The number of nitrogens with zero attached hydrogens (tertiary/aromatic N) is 2. The number of halogens is 1. The van der Waals surface area contributed by atoms with Gasteiger partial charge in [0.15, 0.2) is 0 Å². The molecule has 8 heteroatoms. The predicted molar refractivity (Wildman–Crippen MR) is 82.7 cm³/mol. The van der Waals surface area contributed by atoms with Gasteiger partial charge in [-0.1, -0.05) is 18.2 Å². The first-order chi connectivity index (χ1) is 10.6. The van der Waals surface area contributed by atoms with E-state index in [1.54, 1.807) is 12.1 Å². The molecular weight excluding hydrogens is 326 g/mol. The number of benzene rings is 1. The average molecular weight is 334 g/mol. The van der Waals surface area contributed by atoms with Crippen LogP contribution in [-0.2, 0) is 4.79 Å². The molecule has 1 fully saturated rings. The molecule has 1 aliphatic rings. The molecular formula is C14H8ClN3O3S. The second kappa shape index (κ2) is 6.17. The molecule has 1 saturated heterocycles. The van der Waals surface area contributed by atoms with Crippen molar-refractivity contribution in [2.75, 3.05) is 0 Å². The minimum Gasteiger partial charge on any atom is -0.439 e. The van der Waals surface area contributed by atoms with E-state index in [0.717, 1.165) is 11.8 Å². The highest BCUT2D eigenvalue weighted by atomic mass is 35.5. The number of thioether (sulfide) groups is 1. The Morgan fingerprint density at radius 2 is 1.95 bits per heavy atom. The van der Waals surface area contributed by atoms with E-state index in [4.69, 9.17) is 16.3 Å². The average Bonchev–Trinajstić information content (AvgIpc) is 2.77. The molecule has 0 atom stereocenters. The first kappa shape index (κ1) is 14.6. The molecule has 1 N–H and O–H groups in total. The zero-order valence-corrected chi connectivity index (χ0v) is 12.5. The summed E-state index contributed by atoms with van der Waals surface area (Å²) in [6.07, 6.45) is 1.45. The lowest BCUT2D eigenvalue weighted by Crippen LogP contribution is -2.17. The molecule has 2 amide bonds. The molecule has 0 spiro atoms. The number of imide groups is 1. The minimum absolute atomic E-state index is 0.0185. The molecule has 2 aromatic rings. The molecule has 3 rings (SSSR count). The first-order valence-electron chi connectivity index (χ1n) is 6.12. The van der Waals surface area contributed by atoms with Crippen molar-refractivity contribution in [2.45, 2.75) is 0 Å². The molecule has 22 heavy (non-hydrogen) atoms. The molecule has 0 unspecified atom stereocenters. The number of carbonyl (C=O) groups excluding carboxylic acids is 2. The van der Waals surface area contributed by atoms with Crippen LogP contribution in [0, 0.1) is 0 Å². The molecule has 6 nitrogen and oxygen atoms in total. The number of hydrogen-bond acceptors (Lipinski definition) is 6. The lowest BCUT2D eigenvalue weighted by atomic mass is 10.3. The lowest BCUT2D eigenvalue weighted by Gasteiger charge is -2.05. The standard InChI is InChI=1S/C14H8ClN3O3S/c15-13-16-8(6-10-12(19)18-14(20)22-10)7-11(17-13)21-9-4-2-1-3-5-9/h1-7H,(H,18,19,20). The number of carbonyl (C=O) groups is 2. The van der Waals surface area contributed by atoms with E-state index in [1.807, 2.05) is 18.2 Å². The van der Waals surface area contributed by atoms with Crippen molar-refractivity contribution in [3.63, 3.8) is 0 Å². The van der Waals surface area contributed by atoms with Crippen LogP contribution in [0.5, 0.6) is 11.6 Å². The van der Waals surface area contributed by atoms with Gasteiger partial charge < -0.3 is 4.74 Å². The van der Waals surface area contributed by atoms with Gasteiger partial charge in [0.05, 0.1) is 10.6 Å². The minimum atomic E-state index is -0.463. The fourth-order valence-electron chi connectivity index (χ4n) is 1.70. The van der Waals surface area contributed by atoms with Crippen LogP contribution in [0.4, 0.5) is 4.79 Å². The number of para-hydroxylation sites is 1. The summed E-state index contributed by atoms with van der Waals surface area (Å²) in [5.41, 5.74) is 0.373. The summed E-state index contributed by atoms with van der Waals surface area (Å²) in [5, 5.41) is 1.73.